The van der Waals surface area contributed by atoms with Gasteiger partial charge in [-0.15, -0.1) is 0 Å². The van der Waals surface area contributed by atoms with E-state index in [0.29, 0.717) is 119 Å². The number of nitrogens with zero attached hydrogens (tertiary/aromatic N) is 8. The van der Waals surface area contributed by atoms with Crippen LogP contribution in [0.1, 0.15) is 423 Å². The number of rotatable bonds is 29. The molecule has 10 spiro atoms. The lowest BCUT2D eigenvalue weighted by Gasteiger charge is -2.61. The van der Waals surface area contributed by atoms with Crippen LogP contribution in [0.2, 0.25) is 0 Å². The molecule has 6 unspecified atom stereocenters. The highest BCUT2D eigenvalue weighted by Crippen LogP contribution is 2.64. The van der Waals surface area contributed by atoms with E-state index in [-0.39, 0.29) is 115 Å². The van der Waals surface area contributed by atoms with Crippen molar-refractivity contribution in [1.29, 1.82) is 5.26 Å². The molecule has 6 saturated heterocycles. The maximum atomic E-state index is 13.3. The lowest BCUT2D eigenvalue weighted by molar-refractivity contribution is -0.295. The summed E-state index contributed by atoms with van der Waals surface area (Å²) in [4.78, 5) is 6.45. The summed E-state index contributed by atoms with van der Waals surface area (Å²) >= 11 is 0. The van der Waals surface area contributed by atoms with Gasteiger partial charge in [0.15, 0.2) is 0 Å². The smallest absolute Gasteiger partial charge is 0.393 e. The van der Waals surface area contributed by atoms with Crippen LogP contribution in [-0.2, 0) is 72.8 Å². The second-order valence-electron chi connectivity index (χ2n) is 48.4. The number of hydrogen-bond donors (Lipinski definition) is 7. The Morgan fingerprint density at radius 1 is 0.362 bits per heavy atom. The summed E-state index contributed by atoms with van der Waals surface area (Å²) in [6.07, 6.45) is 49.3. The van der Waals surface area contributed by atoms with Gasteiger partial charge >= 0.3 is 31.1 Å². The van der Waals surface area contributed by atoms with Gasteiger partial charge in [-0.3, -0.25) is 45.3 Å². The lowest BCUT2D eigenvalue weighted by atomic mass is 9.60. The third kappa shape index (κ3) is 29.5. The number of hydroxylamine groups is 10. The Morgan fingerprint density at radius 3 is 0.865 bits per heavy atom. The van der Waals surface area contributed by atoms with Crippen LogP contribution in [0.15, 0.2) is 0 Å². The second-order valence-corrected chi connectivity index (χ2v) is 55.6. The minimum absolute atomic E-state index is 0.00275. The number of phosphoric acid groups is 3. The number of hydrogen-bond acceptors (Lipinski definition) is 29. The molecule has 6 aliphatic heterocycles. The average Bonchev–Trinajstić information content (AvgIpc) is 0.740. The number of aliphatic hydroxyl groups is 2. The fourth-order valence-corrected chi connectivity index (χ4v) is 33.7. The molecule has 15 rings (SSSR count). The first kappa shape index (κ1) is 120. The lowest BCUT2D eigenvalue weighted by Crippen LogP contribution is -2.66. The molecule has 9 aliphatic carbocycles. The Labute approximate surface area is 849 Å². The van der Waals surface area contributed by atoms with Crippen molar-refractivity contribution in [2.24, 2.45) is 65.1 Å². The second kappa shape index (κ2) is 52.8. The zero-order valence-corrected chi connectivity index (χ0v) is 93.2. The van der Waals surface area contributed by atoms with Crippen molar-refractivity contribution < 1.29 is 109 Å². The summed E-state index contributed by atoms with van der Waals surface area (Å²) in [5.41, 5.74) is -1.38. The molecule has 141 heavy (non-hydrogen) atoms. The monoisotopic (exact) mass is 2070 g/mol. The first-order valence-corrected chi connectivity index (χ1v) is 61.8. The number of piperidine rings is 5. The van der Waals surface area contributed by atoms with E-state index in [9.17, 15) is 54.5 Å². The molecule has 0 radical (unpaired) electrons. The number of nitriles is 1. The van der Waals surface area contributed by atoms with Crippen molar-refractivity contribution in [2.45, 2.75) is 509 Å². The average molecular weight is 2070 g/mol. The van der Waals surface area contributed by atoms with Crippen molar-refractivity contribution in [1.82, 2.24) is 25.3 Å². The zero-order chi connectivity index (χ0) is 103. The van der Waals surface area contributed by atoms with Gasteiger partial charge in [-0.25, -0.2) is 26.8 Å². The van der Waals surface area contributed by atoms with Gasteiger partial charge in [0.05, 0.1) is 61.8 Å². The molecule has 15 aliphatic rings. The molecule has 0 bridgehead atoms. The molecule has 0 aromatic heterocycles. The van der Waals surface area contributed by atoms with E-state index < -0.39 is 54.6 Å². The first-order valence-electron chi connectivity index (χ1n) is 55.7. The molecule has 15 fully saturated rings. The largest absolute Gasteiger partial charge is 0.475 e. The molecule has 6 atom stereocenters. The van der Waals surface area contributed by atoms with E-state index in [1.165, 1.54) is 150 Å². The Morgan fingerprint density at radius 2 is 0.610 bits per heavy atom. The maximum Gasteiger partial charge on any atom is 0.475 e. The Balaban J connectivity index is 0.000000175. The molecule has 35 heteroatoms. The van der Waals surface area contributed by atoms with Crippen molar-refractivity contribution >= 4 is 31.1 Å². The van der Waals surface area contributed by atoms with E-state index in [1.54, 1.807) is 10.1 Å². The molecule has 31 nitrogen and oxygen atoms in total. The fraction of sp³-hybridized carbons (Fsp3) is 0.972. The normalized spacial score (nSPS) is 35.8. The fourth-order valence-electron chi connectivity index (χ4n) is 29.0. The maximum absolute atomic E-state index is 13.3. The van der Waals surface area contributed by atoms with Crippen LogP contribution < -0.4 is 0 Å². The van der Waals surface area contributed by atoms with E-state index in [0.717, 1.165) is 165 Å². The number of ether oxygens (including phenoxy) is 1. The van der Waals surface area contributed by atoms with Crippen molar-refractivity contribution in [2.75, 3.05) is 80.4 Å². The quantitative estimate of drug-likeness (QED) is 0.0208. The molecule has 814 valence electrons. The van der Waals surface area contributed by atoms with Crippen LogP contribution in [0, 0.1) is 89.6 Å². The van der Waals surface area contributed by atoms with Crippen LogP contribution in [0.3, 0.4) is 0 Å². The SMILES string of the molecule is CC(C)C1CC2(CCCCC2)N(O)C2(CCCCC2)C1.CC(C)C1CC2(CCCCC2)N(O)C2(CCOCC2)C1.CC1CCC2(CC1)CC(C(C)C)CC1(CCC(O)CC1)N2O.COP(=O)(CO)OC1CCC2(CC1)CC(C(C)C)CC1(CCC(OP(=O)(OC)OC)CC1)N2O.[C-]#[N+]CCOP(=O)(OCC[N+]#[C-])OC1CCC2(CC1)CC(C(C)C)CC1(CCC(OP(=O)(OCCC)OCCC#N)CC1)N2O. The van der Waals surface area contributed by atoms with Gasteiger partial charge in [-0.05, 0) is 341 Å². The van der Waals surface area contributed by atoms with E-state index in [4.69, 9.17) is 72.9 Å². The molecule has 0 aromatic rings. The molecule has 7 N–H and O–H groups in total. The highest BCUT2D eigenvalue weighted by molar-refractivity contribution is 7.53. The molecule has 6 heterocycles. The number of phosphoric ester groups is 3. The van der Waals surface area contributed by atoms with E-state index >= 15 is 0 Å². The van der Waals surface area contributed by atoms with Crippen LogP contribution in [0.5, 0.6) is 0 Å². The topological polar surface area (TPSA) is 369 Å². The summed E-state index contributed by atoms with van der Waals surface area (Å²) in [6, 6.07) is 1.98. The van der Waals surface area contributed by atoms with Gasteiger partial charge in [0.2, 0.25) is 13.1 Å². The zero-order valence-electron chi connectivity index (χ0n) is 89.6. The minimum atomic E-state index is -3.95. The molecular weight excluding hydrogens is 1880 g/mol. The van der Waals surface area contributed by atoms with Gasteiger partial charge in [0.25, 0.3) is 0 Å². The Bertz CT molecular complexity index is 3830. The molecule has 0 amide bonds. The summed E-state index contributed by atoms with van der Waals surface area (Å²) in [7, 11) is -10.9. The Hall–Kier alpha value is -1.57. The summed E-state index contributed by atoms with van der Waals surface area (Å²) in [6.45, 7) is 43.0. The highest BCUT2D eigenvalue weighted by Gasteiger charge is 2.63. The van der Waals surface area contributed by atoms with Gasteiger partial charge in [-0.2, -0.15) is 30.6 Å². The van der Waals surface area contributed by atoms with Crippen LogP contribution in [-0.4, -0.2) is 228 Å². The summed E-state index contributed by atoms with van der Waals surface area (Å²) < 4.78 is 117. The van der Waals surface area contributed by atoms with Crippen LogP contribution >= 0.6 is 31.1 Å². The van der Waals surface area contributed by atoms with Crippen LogP contribution in [0.4, 0.5) is 0 Å². The van der Waals surface area contributed by atoms with Crippen molar-refractivity contribution in [3.05, 3.63) is 22.8 Å². The van der Waals surface area contributed by atoms with Gasteiger partial charge < -0.3 is 59.7 Å². The van der Waals surface area contributed by atoms with E-state index in [1.807, 2.05) is 28.2 Å². The highest BCUT2D eigenvalue weighted by atomic mass is 31.2. The number of aliphatic hydroxyl groups excluding tert-OH is 2. The minimum Gasteiger partial charge on any atom is -0.393 e. The van der Waals surface area contributed by atoms with Gasteiger partial charge in [0.1, 0.15) is 19.6 Å². The van der Waals surface area contributed by atoms with Gasteiger partial charge in [-0.1, -0.05) is 141 Å². The van der Waals surface area contributed by atoms with Crippen LogP contribution in [0.25, 0.3) is 9.69 Å². The third-order valence-electron chi connectivity index (χ3n) is 37.8. The first-order chi connectivity index (χ1) is 67.0. The predicted octanol–water partition coefficient (Wildman–Crippen LogP) is 26.4. The third-order valence-corrected chi connectivity index (χ3v) is 43.9. The predicted molar refractivity (Wildman–Crippen MR) is 544 cm³/mol. The van der Waals surface area contributed by atoms with Gasteiger partial charge in [0, 0.05) is 84.4 Å². The standard InChI is InChI=1S/C30H50N4O9P2.C22H43NO9P2.C19H35NO2.C18H33NO.C17H31NO2/c1-6-19-38-44(36,39-20-7-16-31)42-27-8-12-29(13-9-27)23-26(25(2)3)24-30(34(29)35)14-10-28(11-15-30)43-45(37,40-21-17-32-4)41-22-18-33-5;1-17(2)18-14-21(10-6-19(7-11-21)31-33(26,16-24)28-3)23(25)22(15-18)12-8-20(9-13-22)32-34(27,29-4)30-5;1-14(2)16-12-18(8-4-15(3)5-9-18)20(22)19(13-16)10-6-17(21)7-11-19;1-15(2)16-13-17(9-5-3-6-10-17)19(20)18(14-16)11-7-4-8-12-18;1-14(2)15-12-16(6-4-3-5-7-16)18(19)17(13-15)8-10-20-11-9-17/h25-28,35H,6-15,17-24H2,1-3H3;17-20,24-25H,6-16H2,1-5H3;14-17,21-22H,4-13H2,1-3H3;15-16,20H,3-14H2,1-2H3;14-15,19H,3-13H2,1-2H3. The molecule has 0 aromatic carbocycles. The summed E-state index contributed by atoms with van der Waals surface area (Å²) in [5, 5.41) is 94.4. The Kier molecular flexibility index (Phi) is 44.8. The van der Waals surface area contributed by atoms with E-state index in [2.05, 4.69) is 85.9 Å². The molecular formula is C106H192N8O23P4. The molecule has 9 saturated carbocycles. The van der Waals surface area contributed by atoms with Crippen molar-refractivity contribution in [3.8, 4) is 6.07 Å². The summed E-state index contributed by atoms with van der Waals surface area (Å²) in [5.74, 6) is 7.02. The van der Waals surface area contributed by atoms with Crippen molar-refractivity contribution in [3.63, 3.8) is 0 Å².